The Labute approximate surface area is 122 Å². The van der Waals surface area contributed by atoms with Crippen LogP contribution in [0.5, 0.6) is 0 Å². The summed E-state index contributed by atoms with van der Waals surface area (Å²) in [5, 5.41) is 3.73. The van der Waals surface area contributed by atoms with E-state index in [1.807, 2.05) is 0 Å². The second kappa shape index (κ2) is 6.73. The molecule has 1 atom stereocenters. The van der Waals surface area contributed by atoms with Gasteiger partial charge in [-0.1, -0.05) is 29.8 Å². The molecule has 2 aliphatic rings. The van der Waals surface area contributed by atoms with E-state index in [-0.39, 0.29) is 0 Å². The number of hydrogen-bond donors (Lipinski definition) is 1. The Morgan fingerprint density at radius 2 is 1.80 bits per heavy atom. The molecule has 0 amide bonds. The maximum absolute atomic E-state index is 5.50. The molecule has 0 spiro atoms. The highest BCUT2D eigenvalue weighted by Crippen LogP contribution is 2.30. The van der Waals surface area contributed by atoms with E-state index in [4.69, 9.17) is 4.74 Å². The highest BCUT2D eigenvalue weighted by Gasteiger charge is 2.25. The van der Waals surface area contributed by atoms with E-state index in [2.05, 4.69) is 36.5 Å². The van der Waals surface area contributed by atoms with Crippen molar-refractivity contribution in [3.05, 3.63) is 35.4 Å². The van der Waals surface area contributed by atoms with Gasteiger partial charge in [-0.2, -0.15) is 0 Å². The van der Waals surface area contributed by atoms with Gasteiger partial charge in [-0.15, -0.1) is 0 Å². The first-order valence-electron chi connectivity index (χ1n) is 8.19. The number of ether oxygens (including phenoxy) is 1. The van der Waals surface area contributed by atoms with Crippen molar-refractivity contribution in [2.24, 2.45) is 5.92 Å². The Morgan fingerprint density at radius 3 is 2.45 bits per heavy atom. The molecule has 1 unspecified atom stereocenters. The fourth-order valence-electron chi connectivity index (χ4n) is 3.16. The third kappa shape index (κ3) is 4.07. The Kier molecular flexibility index (Phi) is 4.74. The quantitative estimate of drug-likeness (QED) is 0.854. The molecule has 1 aromatic rings. The van der Waals surface area contributed by atoms with Crippen LogP contribution in [0.4, 0.5) is 0 Å². The van der Waals surface area contributed by atoms with E-state index in [9.17, 15) is 0 Å². The number of nitrogens with one attached hydrogen (secondary N) is 1. The third-order valence-electron chi connectivity index (χ3n) is 4.74. The summed E-state index contributed by atoms with van der Waals surface area (Å²) in [6.07, 6.45) is 6.54. The van der Waals surface area contributed by atoms with E-state index in [0.717, 1.165) is 31.7 Å². The normalized spacial score (nSPS) is 21.9. The molecule has 1 aliphatic heterocycles. The first-order chi connectivity index (χ1) is 9.81. The van der Waals surface area contributed by atoms with Gasteiger partial charge in [0.15, 0.2) is 0 Å². The lowest BCUT2D eigenvalue weighted by Crippen LogP contribution is -2.26. The molecule has 1 saturated carbocycles. The molecule has 2 fully saturated rings. The van der Waals surface area contributed by atoms with E-state index >= 15 is 0 Å². The maximum Gasteiger partial charge on any atom is 0.0468 e. The monoisotopic (exact) mass is 273 g/mol. The summed E-state index contributed by atoms with van der Waals surface area (Å²) in [7, 11) is 0. The van der Waals surface area contributed by atoms with Gasteiger partial charge in [0.2, 0.25) is 0 Å². The van der Waals surface area contributed by atoms with Gasteiger partial charge in [0, 0.05) is 25.8 Å². The zero-order chi connectivity index (χ0) is 13.8. The van der Waals surface area contributed by atoms with Gasteiger partial charge in [0.25, 0.3) is 0 Å². The van der Waals surface area contributed by atoms with Crippen LogP contribution in [0.25, 0.3) is 0 Å². The molecule has 20 heavy (non-hydrogen) atoms. The zero-order valence-electron chi connectivity index (χ0n) is 12.6. The van der Waals surface area contributed by atoms with Gasteiger partial charge < -0.3 is 10.1 Å². The average molecular weight is 273 g/mol. The maximum atomic E-state index is 5.50. The molecule has 110 valence electrons. The molecular formula is C18H27NO. The van der Waals surface area contributed by atoms with Gasteiger partial charge in [-0.05, 0) is 56.4 Å². The van der Waals surface area contributed by atoms with E-state index in [1.165, 1.54) is 43.2 Å². The molecule has 1 heterocycles. The van der Waals surface area contributed by atoms with Crippen LogP contribution >= 0.6 is 0 Å². The zero-order valence-corrected chi connectivity index (χ0v) is 12.6. The Balaban J connectivity index is 1.63. The highest BCUT2D eigenvalue weighted by atomic mass is 16.5. The molecule has 2 nitrogen and oxygen atoms in total. The van der Waals surface area contributed by atoms with Crippen molar-refractivity contribution in [2.75, 3.05) is 19.8 Å². The predicted molar refractivity (Wildman–Crippen MR) is 83.1 cm³/mol. The standard InChI is InChI=1S/C18H27NO/c1-14-2-4-16(5-3-14)17(13-19-18-6-7-18)12-15-8-10-20-11-9-15/h2-5,15,17-19H,6-13H2,1H3. The lowest BCUT2D eigenvalue weighted by Gasteiger charge is -2.27. The van der Waals surface area contributed by atoms with Crippen molar-refractivity contribution >= 4 is 0 Å². The average Bonchev–Trinajstić information content (AvgIpc) is 3.30. The van der Waals surface area contributed by atoms with Gasteiger partial charge in [-0.3, -0.25) is 0 Å². The predicted octanol–water partition coefficient (Wildman–Crippen LogP) is 3.65. The van der Waals surface area contributed by atoms with Crippen LogP contribution in [0.3, 0.4) is 0 Å². The molecule has 1 N–H and O–H groups in total. The highest BCUT2D eigenvalue weighted by molar-refractivity contribution is 5.25. The summed E-state index contributed by atoms with van der Waals surface area (Å²) in [6.45, 7) is 5.23. The van der Waals surface area contributed by atoms with Gasteiger partial charge in [0.1, 0.15) is 0 Å². The van der Waals surface area contributed by atoms with Crippen molar-refractivity contribution in [3.63, 3.8) is 0 Å². The molecule has 1 aromatic carbocycles. The van der Waals surface area contributed by atoms with Crippen LogP contribution in [0.1, 0.15) is 49.1 Å². The summed E-state index contributed by atoms with van der Waals surface area (Å²) >= 11 is 0. The fourth-order valence-corrected chi connectivity index (χ4v) is 3.16. The minimum absolute atomic E-state index is 0.666. The molecule has 1 saturated heterocycles. The van der Waals surface area contributed by atoms with E-state index in [0.29, 0.717) is 5.92 Å². The summed E-state index contributed by atoms with van der Waals surface area (Å²) in [4.78, 5) is 0. The second-order valence-electron chi connectivity index (χ2n) is 6.58. The first kappa shape index (κ1) is 14.1. The summed E-state index contributed by atoms with van der Waals surface area (Å²) in [6, 6.07) is 9.96. The van der Waals surface area contributed by atoms with Crippen LogP contribution in [-0.4, -0.2) is 25.8 Å². The lowest BCUT2D eigenvalue weighted by atomic mass is 9.84. The van der Waals surface area contributed by atoms with Crippen LogP contribution in [-0.2, 0) is 4.74 Å². The Bertz CT molecular complexity index is 404. The summed E-state index contributed by atoms with van der Waals surface area (Å²) in [5.74, 6) is 1.51. The van der Waals surface area contributed by atoms with Crippen LogP contribution < -0.4 is 5.32 Å². The topological polar surface area (TPSA) is 21.3 Å². The van der Waals surface area contributed by atoms with Crippen LogP contribution in [0, 0.1) is 12.8 Å². The molecule has 0 radical (unpaired) electrons. The number of benzene rings is 1. The second-order valence-corrected chi connectivity index (χ2v) is 6.58. The number of rotatable bonds is 6. The SMILES string of the molecule is Cc1ccc(C(CNC2CC2)CC2CCOCC2)cc1. The molecular weight excluding hydrogens is 246 g/mol. The minimum atomic E-state index is 0.666. The fraction of sp³-hybridized carbons (Fsp3) is 0.667. The first-order valence-corrected chi connectivity index (χ1v) is 8.19. The molecule has 1 aliphatic carbocycles. The van der Waals surface area contributed by atoms with E-state index < -0.39 is 0 Å². The largest absolute Gasteiger partial charge is 0.381 e. The van der Waals surface area contributed by atoms with Gasteiger partial charge in [-0.25, -0.2) is 0 Å². The minimum Gasteiger partial charge on any atom is -0.381 e. The Morgan fingerprint density at radius 1 is 1.10 bits per heavy atom. The van der Waals surface area contributed by atoms with Crippen molar-refractivity contribution < 1.29 is 4.74 Å². The van der Waals surface area contributed by atoms with Crippen LogP contribution in [0.2, 0.25) is 0 Å². The Hall–Kier alpha value is -0.860. The van der Waals surface area contributed by atoms with E-state index in [1.54, 1.807) is 0 Å². The number of aryl methyl sites for hydroxylation is 1. The van der Waals surface area contributed by atoms with Gasteiger partial charge >= 0.3 is 0 Å². The van der Waals surface area contributed by atoms with Crippen molar-refractivity contribution in [1.29, 1.82) is 0 Å². The molecule has 0 aromatic heterocycles. The third-order valence-corrected chi connectivity index (χ3v) is 4.74. The van der Waals surface area contributed by atoms with Crippen molar-refractivity contribution in [2.45, 2.75) is 51.0 Å². The molecule has 0 bridgehead atoms. The smallest absolute Gasteiger partial charge is 0.0468 e. The summed E-state index contributed by atoms with van der Waals surface area (Å²) in [5.41, 5.74) is 2.86. The summed E-state index contributed by atoms with van der Waals surface area (Å²) < 4.78 is 5.50. The van der Waals surface area contributed by atoms with Gasteiger partial charge in [0.05, 0.1) is 0 Å². The van der Waals surface area contributed by atoms with Crippen molar-refractivity contribution in [1.82, 2.24) is 5.32 Å². The lowest BCUT2D eigenvalue weighted by molar-refractivity contribution is 0.0616. The molecule has 2 heteroatoms. The number of hydrogen-bond acceptors (Lipinski definition) is 2. The molecule has 3 rings (SSSR count). The van der Waals surface area contributed by atoms with Crippen LogP contribution in [0.15, 0.2) is 24.3 Å². The van der Waals surface area contributed by atoms with Crippen molar-refractivity contribution in [3.8, 4) is 0 Å².